The molecule has 2 heterocycles. The molecule has 0 radical (unpaired) electrons. The summed E-state index contributed by atoms with van der Waals surface area (Å²) < 4.78 is 43.5. The van der Waals surface area contributed by atoms with Gasteiger partial charge in [-0.3, -0.25) is 4.79 Å². The zero-order valence-electron chi connectivity index (χ0n) is 12.0. The average molecular weight is 314 g/mol. The predicted molar refractivity (Wildman–Crippen MR) is 72.2 cm³/mol. The minimum atomic E-state index is -4.41. The molecule has 2 aliphatic rings. The van der Waals surface area contributed by atoms with Crippen LogP contribution in [0.2, 0.25) is 0 Å². The number of alkyl halides is 3. The van der Waals surface area contributed by atoms with Crippen molar-refractivity contribution in [3.8, 4) is 5.88 Å². The van der Waals surface area contributed by atoms with Gasteiger partial charge in [-0.2, -0.15) is 13.2 Å². The highest BCUT2D eigenvalue weighted by Crippen LogP contribution is 2.32. The van der Waals surface area contributed by atoms with Crippen molar-refractivity contribution in [2.45, 2.75) is 38.0 Å². The van der Waals surface area contributed by atoms with Crippen LogP contribution in [-0.2, 0) is 11.0 Å². The lowest BCUT2D eigenvalue weighted by atomic mass is 9.84. The number of hydrogen-bond acceptors (Lipinski definition) is 3. The molecule has 120 valence electrons. The quantitative estimate of drug-likeness (QED) is 0.861. The van der Waals surface area contributed by atoms with E-state index < -0.39 is 11.7 Å². The molecule has 7 heteroatoms. The molecule has 0 unspecified atom stereocenters. The number of likely N-dealkylation sites (tertiary alicyclic amines) is 1. The molecule has 1 amide bonds. The van der Waals surface area contributed by atoms with Gasteiger partial charge in [0.25, 0.3) is 0 Å². The van der Waals surface area contributed by atoms with Crippen LogP contribution in [0.5, 0.6) is 5.88 Å². The molecule has 1 saturated carbocycles. The van der Waals surface area contributed by atoms with Gasteiger partial charge in [0, 0.05) is 31.1 Å². The van der Waals surface area contributed by atoms with Gasteiger partial charge in [0.15, 0.2) is 0 Å². The molecule has 1 atom stereocenters. The summed E-state index contributed by atoms with van der Waals surface area (Å²) >= 11 is 0. The first-order chi connectivity index (χ1) is 10.4. The molecule has 1 aromatic heterocycles. The summed E-state index contributed by atoms with van der Waals surface area (Å²) in [5.74, 6) is 0.234. The average Bonchev–Trinajstić information content (AvgIpc) is 2.84. The summed E-state index contributed by atoms with van der Waals surface area (Å²) in [6.07, 6.45) is -0.0197. The summed E-state index contributed by atoms with van der Waals surface area (Å²) in [5.41, 5.74) is -0.780. The van der Waals surface area contributed by atoms with Crippen LogP contribution < -0.4 is 4.74 Å². The van der Waals surface area contributed by atoms with Crippen molar-refractivity contribution in [3.63, 3.8) is 0 Å². The van der Waals surface area contributed by atoms with Crippen LogP contribution in [0.4, 0.5) is 13.2 Å². The Kier molecular flexibility index (Phi) is 3.97. The Bertz CT molecular complexity index is 558. The number of pyridine rings is 1. The van der Waals surface area contributed by atoms with Gasteiger partial charge in [-0.25, -0.2) is 4.98 Å². The second-order valence-electron chi connectivity index (χ2n) is 5.82. The highest BCUT2D eigenvalue weighted by atomic mass is 19.4. The van der Waals surface area contributed by atoms with E-state index in [1.165, 1.54) is 0 Å². The number of carbonyl (C=O) groups excluding carboxylic acids is 1. The summed E-state index contributed by atoms with van der Waals surface area (Å²) in [6, 6.07) is 1.81. The SMILES string of the molecule is O=C(C1CCC1)N1CC[C@H](Oc2cc(C(F)(F)F)ccn2)C1. The Morgan fingerprint density at radius 2 is 2.09 bits per heavy atom. The number of rotatable bonds is 3. The summed E-state index contributed by atoms with van der Waals surface area (Å²) in [4.78, 5) is 17.7. The molecule has 0 bridgehead atoms. The largest absolute Gasteiger partial charge is 0.472 e. The number of halogens is 3. The summed E-state index contributed by atoms with van der Waals surface area (Å²) in [6.45, 7) is 1.02. The number of hydrogen-bond donors (Lipinski definition) is 0. The minimum Gasteiger partial charge on any atom is -0.472 e. The van der Waals surface area contributed by atoms with Gasteiger partial charge >= 0.3 is 6.18 Å². The van der Waals surface area contributed by atoms with Crippen molar-refractivity contribution in [1.29, 1.82) is 0 Å². The van der Waals surface area contributed by atoms with Crippen molar-refractivity contribution in [1.82, 2.24) is 9.88 Å². The fraction of sp³-hybridized carbons (Fsp3) is 0.600. The monoisotopic (exact) mass is 314 g/mol. The van der Waals surface area contributed by atoms with Crippen LogP contribution in [0, 0.1) is 5.92 Å². The number of nitrogens with zero attached hydrogens (tertiary/aromatic N) is 2. The molecule has 0 aromatic carbocycles. The van der Waals surface area contributed by atoms with Crippen molar-refractivity contribution in [2.24, 2.45) is 5.92 Å². The molecule has 1 aromatic rings. The first-order valence-corrected chi connectivity index (χ1v) is 7.42. The van der Waals surface area contributed by atoms with Crippen LogP contribution in [0.15, 0.2) is 18.3 Å². The van der Waals surface area contributed by atoms with E-state index in [1.807, 2.05) is 0 Å². The van der Waals surface area contributed by atoms with Crippen LogP contribution in [-0.4, -0.2) is 35.0 Å². The zero-order valence-corrected chi connectivity index (χ0v) is 12.0. The van der Waals surface area contributed by atoms with Crippen LogP contribution in [0.1, 0.15) is 31.2 Å². The minimum absolute atomic E-state index is 0.0437. The lowest BCUT2D eigenvalue weighted by Gasteiger charge is -2.29. The third-order valence-electron chi connectivity index (χ3n) is 4.26. The second-order valence-corrected chi connectivity index (χ2v) is 5.82. The highest BCUT2D eigenvalue weighted by molar-refractivity contribution is 5.79. The van der Waals surface area contributed by atoms with Gasteiger partial charge in [-0.1, -0.05) is 6.42 Å². The maximum atomic E-state index is 12.6. The number of ether oxygens (including phenoxy) is 1. The first-order valence-electron chi connectivity index (χ1n) is 7.42. The molecule has 1 saturated heterocycles. The first kappa shape index (κ1) is 15.1. The van der Waals surface area contributed by atoms with Crippen molar-refractivity contribution < 1.29 is 22.7 Å². The van der Waals surface area contributed by atoms with Crippen LogP contribution in [0.25, 0.3) is 0 Å². The van der Waals surface area contributed by atoms with E-state index in [4.69, 9.17) is 4.74 Å². The predicted octanol–water partition coefficient (Wildman–Crippen LogP) is 2.88. The lowest BCUT2D eigenvalue weighted by molar-refractivity contribution is -0.138. The van der Waals surface area contributed by atoms with E-state index in [9.17, 15) is 18.0 Å². The normalized spacial score (nSPS) is 22.5. The molecule has 4 nitrogen and oxygen atoms in total. The standard InChI is InChI=1S/C15H17F3N2O2/c16-15(17,18)11-4-6-19-13(8-11)22-12-5-7-20(9-12)14(21)10-2-1-3-10/h4,6,8,10,12H,1-3,5,7,9H2/t12-/m0/s1. The van der Waals surface area contributed by atoms with E-state index in [1.54, 1.807) is 4.90 Å². The molecular weight excluding hydrogens is 297 g/mol. The van der Waals surface area contributed by atoms with E-state index in [0.29, 0.717) is 19.5 Å². The van der Waals surface area contributed by atoms with Gasteiger partial charge in [-0.05, 0) is 18.9 Å². The highest BCUT2D eigenvalue weighted by Gasteiger charge is 2.35. The maximum absolute atomic E-state index is 12.6. The molecule has 1 aliphatic carbocycles. The van der Waals surface area contributed by atoms with Gasteiger partial charge in [0.05, 0.1) is 12.1 Å². The van der Waals surface area contributed by atoms with E-state index in [-0.39, 0.29) is 23.8 Å². The van der Waals surface area contributed by atoms with Crippen molar-refractivity contribution in [3.05, 3.63) is 23.9 Å². The van der Waals surface area contributed by atoms with E-state index in [0.717, 1.165) is 37.6 Å². The van der Waals surface area contributed by atoms with Crippen molar-refractivity contribution in [2.75, 3.05) is 13.1 Å². The molecule has 1 aliphatic heterocycles. The Morgan fingerprint density at radius 1 is 1.32 bits per heavy atom. The topological polar surface area (TPSA) is 42.4 Å². The Labute approximate surface area is 126 Å². The third kappa shape index (κ3) is 3.18. The lowest BCUT2D eigenvalue weighted by Crippen LogP contribution is -2.38. The molecule has 22 heavy (non-hydrogen) atoms. The van der Waals surface area contributed by atoms with Crippen molar-refractivity contribution >= 4 is 5.91 Å². The Hall–Kier alpha value is -1.79. The second kappa shape index (κ2) is 5.78. The van der Waals surface area contributed by atoms with Crippen LogP contribution in [0.3, 0.4) is 0 Å². The fourth-order valence-corrected chi connectivity index (χ4v) is 2.76. The molecule has 2 fully saturated rings. The van der Waals surface area contributed by atoms with E-state index in [2.05, 4.69) is 4.98 Å². The molecule has 3 rings (SSSR count). The summed E-state index contributed by atoms with van der Waals surface area (Å²) in [7, 11) is 0. The van der Waals surface area contributed by atoms with Gasteiger partial charge in [0.1, 0.15) is 6.10 Å². The number of amides is 1. The summed E-state index contributed by atoms with van der Waals surface area (Å²) in [5, 5.41) is 0. The fourth-order valence-electron chi connectivity index (χ4n) is 2.76. The van der Waals surface area contributed by atoms with Crippen LogP contribution >= 0.6 is 0 Å². The third-order valence-corrected chi connectivity index (χ3v) is 4.26. The maximum Gasteiger partial charge on any atom is 0.416 e. The molecule has 0 spiro atoms. The van der Waals surface area contributed by atoms with Gasteiger partial charge < -0.3 is 9.64 Å². The number of carbonyl (C=O) groups is 1. The molecule has 0 N–H and O–H groups in total. The van der Waals surface area contributed by atoms with Gasteiger partial charge in [-0.15, -0.1) is 0 Å². The number of aromatic nitrogens is 1. The van der Waals surface area contributed by atoms with Gasteiger partial charge in [0.2, 0.25) is 11.8 Å². The zero-order chi connectivity index (χ0) is 15.7. The smallest absolute Gasteiger partial charge is 0.416 e. The van der Waals surface area contributed by atoms with E-state index >= 15 is 0 Å². The Balaban J connectivity index is 1.59. The Morgan fingerprint density at radius 3 is 2.73 bits per heavy atom. The molecular formula is C15H17F3N2O2.